The number of nitrogens with zero attached hydrogens (tertiary/aromatic N) is 3. The van der Waals surface area contributed by atoms with Crippen LogP contribution >= 0.6 is 0 Å². The number of hydrogen-bond donors (Lipinski definition) is 1. The van der Waals surface area contributed by atoms with E-state index in [1.165, 1.54) is 0 Å². The smallest absolute Gasteiger partial charge is 0.244 e. The van der Waals surface area contributed by atoms with Gasteiger partial charge in [-0.2, -0.15) is 5.10 Å². The number of hydrogen-bond acceptors (Lipinski definition) is 5. The molecule has 0 aliphatic rings. The molecule has 0 aliphatic heterocycles. The van der Waals surface area contributed by atoms with E-state index in [1.54, 1.807) is 35.1 Å². The molecule has 3 aromatic rings. The van der Waals surface area contributed by atoms with Crippen molar-refractivity contribution in [3.63, 3.8) is 0 Å². The van der Waals surface area contributed by atoms with Crippen molar-refractivity contribution in [2.75, 3.05) is 13.2 Å². The number of aromatic nitrogens is 3. The number of benzene rings is 1. The van der Waals surface area contributed by atoms with E-state index in [2.05, 4.69) is 14.8 Å². The molecule has 0 saturated heterocycles. The van der Waals surface area contributed by atoms with Gasteiger partial charge in [0.1, 0.15) is 10.6 Å². The molecular formula is C20H24N4O3S. The van der Waals surface area contributed by atoms with E-state index in [1.807, 2.05) is 39.0 Å². The van der Waals surface area contributed by atoms with E-state index >= 15 is 0 Å². The van der Waals surface area contributed by atoms with Crippen molar-refractivity contribution >= 4 is 10.0 Å². The van der Waals surface area contributed by atoms with Crippen LogP contribution in [0.2, 0.25) is 0 Å². The summed E-state index contributed by atoms with van der Waals surface area (Å²) in [5, 5.41) is 4.55. The topological polar surface area (TPSA) is 86.1 Å². The van der Waals surface area contributed by atoms with Crippen LogP contribution in [0.1, 0.15) is 23.9 Å². The number of pyridine rings is 1. The Morgan fingerprint density at radius 2 is 1.86 bits per heavy atom. The molecule has 0 bridgehead atoms. The predicted octanol–water partition coefficient (Wildman–Crippen LogP) is 2.80. The minimum Gasteiger partial charge on any atom is -0.492 e. The Hall–Kier alpha value is -2.71. The van der Waals surface area contributed by atoms with Crippen molar-refractivity contribution in [3.05, 3.63) is 65.6 Å². The number of nitrogens with one attached hydrogen (secondary N) is 1. The third kappa shape index (κ3) is 4.23. The lowest BCUT2D eigenvalue weighted by molar-refractivity contribution is 0.331. The Balaban J connectivity index is 1.74. The Morgan fingerprint density at radius 1 is 1.11 bits per heavy atom. The van der Waals surface area contributed by atoms with Gasteiger partial charge >= 0.3 is 0 Å². The van der Waals surface area contributed by atoms with Crippen molar-refractivity contribution in [2.45, 2.75) is 32.1 Å². The maximum absolute atomic E-state index is 12.7. The molecule has 0 radical (unpaired) electrons. The molecule has 1 aromatic carbocycles. The fourth-order valence-corrected chi connectivity index (χ4v) is 4.25. The number of ether oxygens (including phenoxy) is 1. The first-order valence-electron chi connectivity index (χ1n) is 9.12. The molecule has 2 heterocycles. The van der Waals surface area contributed by atoms with Crippen molar-refractivity contribution in [3.8, 4) is 11.6 Å². The van der Waals surface area contributed by atoms with Crippen LogP contribution in [0.3, 0.4) is 0 Å². The Labute approximate surface area is 165 Å². The largest absolute Gasteiger partial charge is 0.492 e. The van der Waals surface area contributed by atoms with Crippen molar-refractivity contribution < 1.29 is 13.2 Å². The zero-order valence-electron chi connectivity index (χ0n) is 16.2. The fraction of sp³-hybridized carbons (Fsp3) is 0.300. The second-order valence-corrected chi connectivity index (χ2v) is 8.01. The first-order valence-corrected chi connectivity index (χ1v) is 10.6. The molecule has 2 aromatic heterocycles. The van der Waals surface area contributed by atoms with Gasteiger partial charge in [0.25, 0.3) is 0 Å². The van der Waals surface area contributed by atoms with Crippen molar-refractivity contribution in [2.24, 2.45) is 0 Å². The van der Waals surface area contributed by atoms with Gasteiger partial charge in [0.05, 0.1) is 12.3 Å². The van der Waals surface area contributed by atoms with Crippen LogP contribution in [0.5, 0.6) is 5.75 Å². The van der Waals surface area contributed by atoms with Gasteiger partial charge in [-0.05, 0) is 57.0 Å². The van der Waals surface area contributed by atoms with Gasteiger partial charge < -0.3 is 4.74 Å². The SMILES string of the molecule is CCOc1ccccc1S(=O)(=O)NCCc1c(C)nn(-c2ccccn2)c1C. The Kier molecular flexibility index (Phi) is 6.11. The summed E-state index contributed by atoms with van der Waals surface area (Å²) in [4.78, 5) is 4.47. The van der Waals surface area contributed by atoms with Crippen LogP contribution in [0.4, 0.5) is 0 Å². The molecule has 0 aliphatic carbocycles. The van der Waals surface area contributed by atoms with Gasteiger partial charge in [-0.3, -0.25) is 0 Å². The fourth-order valence-electron chi connectivity index (χ4n) is 3.07. The lowest BCUT2D eigenvalue weighted by atomic mass is 10.1. The van der Waals surface area contributed by atoms with E-state index in [0.29, 0.717) is 18.8 Å². The number of sulfonamides is 1. The van der Waals surface area contributed by atoms with Gasteiger partial charge in [-0.15, -0.1) is 0 Å². The van der Waals surface area contributed by atoms with Gasteiger partial charge in [-0.1, -0.05) is 18.2 Å². The molecule has 148 valence electrons. The average molecular weight is 401 g/mol. The molecule has 0 saturated carbocycles. The molecular weight excluding hydrogens is 376 g/mol. The van der Waals surface area contributed by atoms with E-state index in [-0.39, 0.29) is 11.4 Å². The van der Waals surface area contributed by atoms with Crippen LogP contribution < -0.4 is 9.46 Å². The van der Waals surface area contributed by atoms with Crippen molar-refractivity contribution in [1.82, 2.24) is 19.5 Å². The molecule has 0 fully saturated rings. The highest BCUT2D eigenvalue weighted by Crippen LogP contribution is 2.23. The molecule has 0 amide bonds. The van der Waals surface area contributed by atoms with Gasteiger partial charge in [0, 0.05) is 18.4 Å². The first kappa shape index (κ1) is 20.0. The molecule has 0 spiro atoms. The standard InChI is InChI=1S/C20H24N4O3S/c1-4-27-18-9-5-6-10-19(18)28(25,26)22-14-12-17-15(2)23-24(16(17)3)20-11-7-8-13-21-20/h5-11,13,22H,4,12,14H2,1-3H3. The van der Waals surface area contributed by atoms with Gasteiger partial charge in [-0.25, -0.2) is 22.8 Å². The minimum absolute atomic E-state index is 0.148. The summed E-state index contributed by atoms with van der Waals surface area (Å²) in [5.41, 5.74) is 2.81. The zero-order valence-corrected chi connectivity index (χ0v) is 17.0. The van der Waals surface area contributed by atoms with E-state index in [9.17, 15) is 8.42 Å². The summed E-state index contributed by atoms with van der Waals surface area (Å²) in [5.74, 6) is 1.09. The second kappa shape index (κ2) is 8.53. The number of aryl methyl sites for hydroxylation is 1. The zero-order chi connectivity index (χ0) is 20.1. The highest BCUT2D eigenvalue weighted by atomic mass is 32.2. The molecule has 7 nitrogen and oxygen atoms in total. The van der Waals surface area contributed by atoms with Gasteiger partial charge in [0.2, 0.25) is 10.0 Å². The summed E-state index contributed by atoms with van der Waals surface area (Å²) in [6.45, 7) is 6.36. The third-order valence-electron chi connectivity index (χ3n) is 4.41. The molecule has 3 rings (SSSR count). The molecule has 8 heteroatoms. The quantitative estimate of drug-likeness (QED) is 0.628. The normalized spacial score (nSPS) is 11.5. The van der Waals surface area contributed by atoms with Crippen LogP contribution in [0.25, 0.3) is 5.82 Å². The third-order valence-corrected chi connectivity index (χ3v) is 5.91. The monoisotopic (exact) mass is 400 g/mol. The summed E-state index contributed by atoms with van der Waals surface area (Å²) in [7, 11) is -3.67. The number of para-hydroxylation sites is 1. The van der Waals surface area contributed by atoms with E-state index in [4.69, 9.17) is 4.74 Å². The summed E-state index contributed by atoms with van der Waals surface area (Å²) in [6, 6.07) is 12.3. The Bertz CT molecular complexity index is 1050. The number of rotatable bonds is 8. The Morgan fingerprint density at radius 3 is 2.57 bits per heavy atom. The van der Waals surface area contributed by atoms with Crippen LogP contribution in [0, 0.1) is 13.8 Å². The molecule has 1 N–H and O–H groups in total. The summed E-state index contributed by atoms with van der Waals surface area (Å²) < 4.78 is 35.3. The van der Waals surface area contributed by atoms with Gasteiger partial charge in [0.15, 0.2) is 5.82 Å². The lowest BCUT2D eigenvalue weighted by Crippen LogP contribution is -2.26. The molecule has 28 heavy (non-hydrogen) atoms. The van der Waals surface area contributed by atoms with Crippen LogP contribution in [-0.4, -0.2) is 36.3 Å². The molecule has 0 unspecified atom stereocenters. The lowest BCUT2D eigenvalue weighted by Gasteiger charge is -2.11. The summed E-state index contributed by atoms with van der Waals surface area (Å²) >= 11 is 0. The predicted molar refractivity (Wildman–Crippen MR) is 107 cm³/mol. The van der Waals surface area contributed by atoms with Crippen LogP contribution in [0.15, 0.2) is 53.6 Å². The summed E-state index contributed by atoms with van der Waals surface area (Å²) in [6.07, 6.45) is 2.25. The first-order chi connectivity index (χ1) is 13.4. The second-order valence-electron chi connectivity index (χ2n) is 6.28. The van der Waals surface area contributed by atoms with E-state index < -0.39 is 10.0 Å². The maximum Gasteiger partial charge on any atom is 0.244 e. The maximum atomic E-state index is 12.7. The minimum atomic E-state index is -3.67. The van der Waals surface area contributed by atoms with Crippen molar-refractivity contribution in [1.29, 1.82) is 0 Å². The van der Waals surface area contributed by atoms with Crippen LogP contribution in [-0.2, 0) is 16.4 Å². The highest BCUT2D eigenvalue weighted by molar-refractivity contribution is 7.89. The molecule has 0 atom stereocenters. The highest BCUT2D eigenvalue weighted by Gasteiger charge is 2.20. The van der Waals surface area contributed by atoms with E-state index in [0.717, 1.165) is 22.8 Å². The average Bonchev–Trinajstić information content (AvgIpc) is 2.97.